The van der Waals surface area contributed by atoms with E-state index >= 15 is 0 Å². The van der Waals surface area contributed by atoms with Gasteiger partial charge in [0.1, 0.15) is 31.1 Å². The molecule has 0 bridgehead atoms. The standard InChI is InChI=1S/C12H19NO8/c1-6(15)13-9(4-14)11(18)12(19)10(21-8(3)17)5-20-7(2)16/h4,9-12,18-19H,5H2,1-3H3,(H,13,15)/t9-,10+,11+,12+/m0/s1. The van der Waals surface area contributed by atoms with Gasteiger partial charge in [0.05, 0.1) is 0 Å². The third kappa shape index (κ3) is 7.37. The molecule has 0 aliphatic rings. The second-order valence-electron chi connectivity index (χ2n) is 4.29. The number of rotatable bonds is 8. The topological polar surface area (TPSA) is 139 Å². The highest BCUT2D eigenvalue weighted by Crippen LogP contribution is 2.09. The van der Waals surface area contributed by atoms with Crippen molar-refractivity contribution in [1.82, 2.24) is 5.32 Å². The number of carbonyl (C=O) groups excluding carboxylic acids is 4. The van der Waals surface area contributed by atoms with Crippen molar-refractivity contribution >= 4 is 24.1 Å². The molecule has 0 rings (SSSR count). The minimum atomic E-state index is -1.74. The summed E-state index contributed by atoms with van der Waals surface area (Å²) in [5, 5.41) is 21.9. The molecule has 4 atom stereocenters. The maximum atomic E-state index is 10.9. The molecule has 9 heteroatoms. The Balaban J connectivity index is 4.91. The molecular weight excluding hydrogens is 286 g/mol. The lowest BCUT2D eigenvalue weighted by Crippen LogP contribution is -2.54. The zero-order chi connectivity index (χ0) is 16.6. The first-order chi connectivity index (χ1) is 9.68. The van der Waals surface area contributed by atoms with Gasteiger partial charge in [-0.05, 0) is 0 Å². The number of ether oxygens (including phenoxy) is 2. The summed E-state index contributed by atoms with van der Waals surface area (Å²) in [6, 6.07) is -1.40. The SMILES string of the molecule is CC(=O)N[C@@H](C=O)[C@@H](O)[C@H](O)[C@@H](COC(C)=O)OC(C)=O. The lowest BCUT2D eigenvalue weighted by molar-refractivity contribution is -0.170. The maximum Gasteiger partial charge on any atom is 0.303 e. The monoisotopic (exact) mass is 305 g/mol. The molecule has 0 radical (unpaired) electrons. The van der Waals surface area contributed by atoms with Crippen LogP contribution in [0.15, 0.2) is 0 Å². The van der Waals surface area contributed by atoms with Gasteiger partial charge in [-0.2, -0.15) is 0 Å². The summed E-state index contributed by atoms with van der Waals surface area (Å²) in [5.41, 5.74) is 0. The van der Waals surface area contributed by atoms with Crippen molar-refractivity contribution in [3.63, 3.8) is 0 Å². The third-order valence-electron chi connectivity index (χ3n) is 2.38. The zero-order valence-electron chi connectivity index (χ0n) is 11.9. The molecule has 0 saturated carbocycles. The predicted molar refractivity (Wildman–Crippen MR) is 67.9 cm³/mol. The van der Waals surface area contributed by atoms with Crippen molar-refractivity contribution in [1.29, 1.82) is 0 Å². The van der Waals surface area contributed by atoms with E-state index in [0.29, 0.717) is 0 Å². The molecule has 120 valence electrons. The summed E-state index contributed by atoms with van der Waals surface area (Å²) in [6.45, 7) is 2.79. The van der Waals surface area contributed by atoms with E-state index in [9.17, 15) is 29.4 Å². The lowest BCUT2D eigenvalue weighted by Gasteiger charge is -2.28. The summed E-state index contributed by atoms with van der Waals surface area (Å²) in [7, 11) is 0. The van der Waals surface area contributed by atoms with E-state index in [1.54, 1.807) is 0 Å². The molecule has 0 saturated heterocycles. The van der Waals surface area contributed by atoms with E-state index in [2.05, 4.69) is 10.1 Å². The summed E-state index contributed by atoms with van der Waals surface area (Å²) < 4.78 is 9.34. The van der Waals surface area contributed by atoms with Crippen LogP contribution in [0, 0.1) is 0 Å². The summed E-state index contributed by atoms with van der Waals surface area (Å²) in [6.07, 6.45) is -4.63. The van der Waals surface area contributed by atoms with E-state index in [4.69, 9.17) is 4.74 Å². The molecule has 0 aromatic rings. The molecule has 1 amide bonds. The molecule has 21 heavy (non-hydrogen) atoms. The fourth-order valence-electron chi connectivity index (χ4n) is 1.48. The van der Waals surface area contributed by atoms with Gasteiger partial charge < -0.3 is 29.8 Å². The van der Waals surface area contributed by atoms with Crippen LogP contribution in [0.5, 0.6) is 0 Å². The van der Waals surface area contributed by atoms with Crippen molar-refractivity contribution in [2.75, 3.05) is 6.61 Å². The minimum absolute atomic E-state index is 0.228. The summed E-state index contributed by atoms with van der Waals surface area (Å²) in [4.78, 5) is 43.4. The molecule has 0 spiro atoms. The molecule has 0 unspecified atom stereocenters. The molecular formula is C12H19NO8. The first-order valence-corrected chi connectivity index (χ1v) is 6.08. The quantitative estimate of drug-likeness (QED) is 0.342. The van der Waals surface area contributed by atoms with Crippen LogP contribution in [0.2, 0.25) is 0 Å². The van der Waals surface area contributed by atoms with Crippen molar-refractivity contribution in [2.24, 2.45) is 0 Å². The normalized spacial score (nSPS) is 16.0. The number of aliphatic hydroxyl groups is 2. The number of hydrogen-bond donors (Lipinski definition) is 3. The van der Waals surface area contributed by atoms with Crippen molar-refractivity contribution < 1.29 is 38.9 Å². The highest BCUT2D eigenvalue weighted by atomic mass is 16.6. The summed E-state index contributed by atoms with van der Waals surface area (Å²) >= 11 is 0. The van der Waals surface area contributed by atoms with E-state index in [1.165, 1.54) is 0 Å². The lowest BCUT2D eigenvalue weighted by atomic mass is 10.0. The Labute approximate surface area is 121 Å². The van der Waals surface area contributed by atoms with Gasteiger partial charge in [-0.25, -0.2) is 0 Å². The van der Waals surface area contributed by atoms with Crippen LogP contribution < -0.4 is 5.32 Å². The molecule has 0 aromatic carbocycles. The molecule has 0 fully saturated rings. The van der Waals surface area contributed by atoms with Gasteiger partial charge in [-0.15, -0.1) is 0 Å². The van der Waals surface area contributed by atoms with Crippen LogP contribution in [0.1, 0.15) is 20.8 Å². The fourth-order valence-corrected chi connectivity index (χ4v) is 1.48. The maximum absolute atomic E-state index is 10.9. The first kappa shape index (κ1) is 19.0. The second kappa shape index (κ2) is 9.03. The molecule has 0 aliphatic carbocycles. The number of amides is 1. The third-order valence-corrected chi connectivity index (χ3v) is 2.38. The van der Waals surface area contributed by atoms with Crippen LogP contribution in [0.4, 0.5) is 0 Å². The average Bonchev–Trinajstić information content (AvgIpc) is 2.38. The van der Waals surface area contributed by atoms with Crippen LogP contribution in [-0.4, -0.2) is 65.3 Å². The van der Waals surface area contributed by atoms with Crippen LogP contribution in [0.3, 0.4) is 0 Å². The Bertz CT molecular complexity index is 397. The van der Waals surface area contributed by atoms with Gasteiger partial charge in [-0.1, -0.05) is 0 Å². The van der Waals surface area contributed by atoms with Crippen LogP contribution >= 0.6 is 0 Å². The highest BCUT2D eigenvalue weighted by Gasteiger charge is 2.35. The number of aldehydes is 1. The Hall–Kier alpha value is -2.00. The number of hydrogen-bond acceptors (Lipinski definition) is 8. The summed E-state index contributed by atoms with van der Waals surface area (Å²) in [5.74, 6) is -2.05. The second-order valence-corrected chi connectivity index (χ2v) is 4.29. The molecule has 0 aromatic heterocycles. The number of nitrogens with one attached hydrogen (secondary N) is 1. The Morgan fingerprint density at radius 2 is 1.67 bits per heavy atom. The molecule has 9 nitrogen and oxygen atoms in total. The average molecular weight is 305 g/mol. The largest absolute Gasteiger partial charge is 0.462 e. The van der Waals surface area contributed by atoms with Crippen LogP contribution in [-0.2, 0) is 28.7 Å². The predicted octanol–water partition coefficient (Wildman–Crippen LogP) is -2.09. The Morgan fingerprint density at radius 1 is 1.10 bits per heavy atom. The van der Waals surface area contributed by atoms with Gasteiger partial charge in [0.25, 0.3) is 0 Å². The van der Waals surface area contributed by atoms with E-state index in [0.717, 1.165) is 20.8 Å². The number of aliphatic hydroxyl groups excluding tert-OH is 2. The van der Waals surface area contributed by atoms with Crippen molar-refractivity contribution in [3.8, 4) is 0 Å². The zero-order valence-corrected chi connectivity index (χ0v) is 11.9. The van der Waals surface area contributed by atoms with Crippen molar-refractivity contribution in [3.05, 3.63) is 0 Å². The highest BCUT2D eigenvalue weighted by molar-refractivity contribution is 5.77. The van der Waals surface area contributed by atoms with E-state index in [1.807, 2.05) is 0 Å². The van der Waals surface area contributed by atoms with E-state index in [-0.39, 0.29) is 6.29 Å². The van der Waals surface area contributed by atoms with Gasteiger partial charge >= 0.3 is 11.9 Å². The van der Waals surface area contributed by atoms with Crippen LogP contribution in [0.25, 0.3) is 0 Å². The molecule has 3 N–H and O–H groups in total. The van der Waals surface area contributed by atoms with Gasteiger partial charge in [0.2, 0.25) is 5.91 Å². The Kier molecular flexibility index (Phi) is 8.17. The first-order valence-electron chi connectivity index (χ1n) is 6.08. The number of esters is 2. The smallest absolute Gasteiger partial charge is 0.303 e. The minimum Gasteiger partial charge on any atom is -0.462 e. The number of carbonyl (C=O) groups is 4. The molecule has 0 aliphatic heterocycles. The van der Waals surface area contributed by atoms with E-state index < -0.39 is 48.8 Å². The molecule has 0 heterocycles. The Morgan fingerprint density at radius 3 is 2.05 bits per heavy atom. The van der Waals surface area contributed by atoms with Gasteiger partial charge in [0, 0.05) is 20.8 Å². The fraction of sp³-hybridized carbons (Fsp3) is 0.667. The van der Waals surface area contributed by atoms with Gasteiger partial charge in [0.15, 0.2) is 6.10 Å². The van der Waals surface area contributed by atoms with Gasteiger partial charge in [-0.3, -0.25) is 14.4 Å². The van der Waals surface area contributed by atoms with Crippen molar-refractivity contribution in [2.45, 2.75) is 45.1 Å².